The number of hydrogen-bond acceptors (Lipinski definition) is 5. The first-order valence-corrected chi connectivity index (χ1v) is 8.09. The molecule has 0 aliphatic carbocycles. The van der Waals surface area contributed by atoms with Crippen molar-refractivity contribution in [2.75, 3.05) is 25.6 Å². The predicted octanol–water partition coefficient (Wildman–Crippen LogP) is 4.25. The number of anilines is 1. The van der Waals surface area contributed by atoms with Gasteiger partial charge in [0.2, 0.25) is 0 Å². The molecular weight excluding hydrogens is 316 g/mol. The lowest BCUT2D eigenvalue weighted by molar-refractivity contribution is 0.0520. The lowest BCUT2D eigenvalue weighted by Gasteiger charge is -2.14. The maximum Gasteiger partial charge on any atom is 0.360 e. The molecule has 3 aromatic rings. The van der Waals surface area contributed by atoms with E-state index in [4.69, 9.17) is 9.15 Å². The largest absolute Gasteiger partial charge is 0.461 e. The Bertz CT molecular complexity index is 867. The zero-order chi connectivity index (χ0) is 17.8. The van der Waals surface area contributed by atoms with E-state index in [2.05, 4.69) is 29.2 Å². The Kier molecular flexibility index (Phi) is 4.84. The summed E-state index contributed by atoms with van der Waals surface area (Å²) in [5, 5.41) is 0. The minimum absolute atomic E-state index is 0.194. The zero-order valence-electron chi connectivity index (χ0n) is 14.5. The molecule has 128 valence electrons. The van der Waals surface area contributed by atoms with Crippen molar-refractivity contribution < 1.29 is 13.9 Å². The highest BCUT2D eigenvalue weighted by Crippen LogP contribution is 2.34. The number of carbonyl (C=O) groups excluding carboxylic acids is 1. The molecule has 1 aromatic heterocycles. The lowest BCUT2D eigenvalue weighted by atomic mass is 9.97. The third kappa shape index (κ3) is 3.40. The van der Waals surface area contributed by atoms with E-state index in [1.807, 2.05) is 43.3 Å². The second kappa shape index (κ2) is 7.21. The average Bonchev–Trinajstić information content (AvgIpc) is 3.12. The molecule has 5 nitrogen and oxygen atoms in total. The molecule has 0 atom stereocenters. The van der Waals surface area contributed by atoms with Crippen molar-refractivity contribution in [3.8, 4) is 22.5 Å². The summed E-state index contributed by atoms with van der Waals surface area (Å²) in [7, 11) is 4.01. The van der Waals surface area contributed by atoms with Gasteiger partial charge in [0.1, 0.15) is 0 Å². The first kappa shape index (κ1) is 16.8. The van der Waals surface area contributed by atoms with Crippen LogP contribution in [-0.2, 0) is 4.74 Å². The minimum atomic E-state index is -0.482. The molecule has 5 heteroatoms. The van der Waals surface area contributed by atoms with Crippen LogP contribution in [0.1, 0.15) is 17.4 Å². The Morgan fingerprint density at radius 1 is 1.08 bits per heavy atom. The molecule has 1 heterocycles. The normalized spacial score (nSPS) is 10.5. The van der Waals surface area contributed by atoms with Crippen LogP contribution in [0.15, 0.2) is 59.3 Å². The third-order valence-electron chi connectivity index (χ3n) is 3.90. The van der Waals surface area contributed by atoms with E-state index in [0.29, 0.717) is 12.4 Å². The topological polar surface area (TPSA) is 55.6 Å². The summed E-state index contributed by atoms with van der Waals surface area (Å²) >= 11 is 0. The van der Waals surface area contributed by atoms with Crippen molar-refractivity contribution in [1.82, 2.24) is 4.98 Å². The molecule has 0 fully saturated rings. The number of oxazole rings is 1. The predicted molar refractivity (Wildman–Crippen MR) is 97.7 cm³/mol. The van der Waals surface area contributed by atoms with Gasteiger partial charge < -0.3 is 14.1 Å². The number of nitrogens with zero attached hydrogens (tertiary/aromatic N) is 2. The van der Waals surface area contributed by atoms with E-state index in [1.165, 1.54) is 6.39 Å². The van der Waals surface area contributed by atoms with Crippen LogP contribution in [0.25, 0.3) is 22.5 Å². The van der Waals surface area contributed by atoms with Crippen LogP contribution in [-0.4, -0.2) is 31.7 Å². The van der Waals surface area contributed by atoms with Crippen LogP contribution in [0.5, 0.6) is 0 Å². The van der Waals surface area contributed by atoms with Crippen LogP contribution in [0.4, 0.5) is 5.69 Å². The van der Waals surface area contributed by atoms with E-state index < -0.39 is 5.97 Å². The van der Waals surface area contributed by atoms with Gasteiger partial charge in [0.25, 0.3) is 0 Å². The summed E-state index contributed by atoms with van der Waals surface area (Å²) in [6.45, 7) is 2.05. The fourth-order valence-electron chi connectivity index (χ4n) is 2.65. The van der Waals surface area contributed by atoms with E-state index in [0.717, 1.165) is 22.4 Å². The lowest BCUT2D eigenvalue weighted by Crippen LogP contribution is -2.08. The molecule has 25 heavy (non-hydrogen) atoms. The summed E-state index contributed by atoms with van der Waals surface area (Å²) in [5.74, 6) is -0.0604. The van der Waals surface area contributed by atoms with Gasteiger partial charge in [-0.15, -0.1) is 0 Å². The van der Waals surface area contributed by atoms with Gasteiger partial charge in [-0.3, -0.25) is 0 Å². The molecule has 0 aliphatic heterocycles. The number of benzene rings is 2. The molecular formula is C20H20N2O3. The van der Waals surface area contributed by atoms with Crippen LogP contribution < -0.4 is 4.90 Å². The first-order valence-electron chi connectivity index (χ1n) is 8.09. The second-order valence-electron chi connectivity index (χ2n) is 5.74. The Balaban J connectivity index is 2.06. The van der Waals surface area contributed by atoms with Gasteiger partial charge in [-0.05, 0) is 30.2 Å². The van der Waals surface area contributed by atoms with Gasteiger partial charge in [0.05, 0.1) is 6.61 Å². The maximum absolute atomic E-state index is 12.1. The molecule has 2 aromatic carbocycles. The molecule has 0 radical (unpaired) electrons. The van der Waals surface area contributed by atoms with Crippen molar-refractivity contribution in [2.45, 2.75) is 6.92 Å². The van der Waals surface area contributed by atoms with E-state index in [1.54, 1.807) is 6.92 Å². The summed E-state index contributed by atoms with van der Waals surface area (Å²) in [4.78, 5) is 18.2. The van der Waals surface area contributed by atoms with Gasteiger partial charge in [0, 0.05) is 25.3 Å². The maximum atomic E-state index is 12.1. The number of aromatic nitrogens is 1. The van der Waals surface area contributed by atoms with Gasteiger partial charge >= 0.3 is 5.97 Å². The summed E-state index contributed by atoms with van der Waals surface area (Å²) in [6, 6.07) is 16.0. The summed E-state index contributed by atoms with van der Waals surface area (Å²) in [6.07, 6.45) is 1.27. The highest BCUT2D eigenvalue weighted by atomic mass is 16.5. The first-order chi connectivity index (χ1) is 12.1. The molecule has 0 aliphatic rings. The third-order valence-corrected chi connectivity index (χ3v) is 3.90. The fraction of sp³-hybridized carbons (Fsp3) is 0.200. The number of carbonyl (C=O) groups is 1. The van der Waals surface area contributed by atoms with Gasteiger partial charge in [-0.2, -0.15) is 0 Å². The molecule has 0 amide bonds. The van der Waals surface area contributed by atoms with Crippen molar-refractivity contribution >= 4 is 11.7 Å². The number of rotatable bonds is 5. The number of ether oxygens (including phenoxy) is 1. The van der Waals surface area contributed by atoms with E-state index >= 15 is 0 Å². The molecule has 3 rings (SSSR count). The van der Waals surface area contributed by atoms with Gasteiger partial charge in [-0.25, -0.2) is 9.78 Å². The SMILES string of the molecule is CCOC(=O)c1ncoc1-c1ccccc1-c1ccc(N(C)C)cc1. The zero-order valence-corrected chi connectivity index (χ0v) is 14.5. The van der Waals surface area contributed by atoms with Crippen molar-refractivity contribution in [1.29, 1.82) is 0 Å². The standard InChI is InChI=1S/C20H20N2O3/c1-4-24-20(23)18-19(25-13-21-18)17-8-6-5-7-16(17)14-9-11-15(12-10-14)22(2)3/h5-13H,4H2,1-3H3. The number of esters is 1. The average molecular weight is 336 g/mol. The molecule has 0 N–H and O–H groups in total. The Hall–Kier alpha value is -3.08. The van der Waals surface area contributed by atoms with E-state index in [-0.39, 0.29) is 5.69 Å². The van der Waals surface area contributed by atoms with Crippen LogP contribution >= 0.6 is 0 Å². The smallest absolute Gasteiger partial charge is 0.360 e. The Morgan fingerprint density at radius 3 is 2.40 bits per heavy atom. The van der Waals surface area contributed by atoms with Crippen LogP contribution in [0.3, 0.4) is 0 Å². The Labute approximate surface area is 146 Å². The highest BCUT2D eigenvalue weighted by molar-refractivity contribution is 5.96. The molecule has 0 saturated heterocycles. The quantitative estimate of drug-likeness (QED) is 0.652. The highest BCUT2D eigenvalue weighted by Gasteiger charge is 2.21. The fourth-order valence-corrected chi connectivity index (χ4v) is 2.65. The second-order valence-corrected chi connectivity index (χ2v) is 5.74. The van der Waals surface area contributed by atoms with Crippen molar-refractivity contribution in [3.63, 3.8) is 0 Å². The number of hydrogen-bond donors (Lipinski definition) is 0. The summed E-state index contributed by atoms with van der Waals surface area (Å²) in [5.41, 5.74) is 4.12. The van der Waals surface area contributed by atoms with Crippen molar-refractivity contribution in [2.24, 2.45) is 0 Å². The van der Waals surface area contributed by atoms with E-state index in [9.17, 15) is 4.79 Å². The summed E-state index contributed by atoms with van der Waals surface area (Å²) < 4.78 is 10.6. The van der Waals surface area contributed by atoms with Crippen LogP contribution in [0, 0.1) is 0 Å². The molecule has 0 unspecified atom stereocenters. The monoisotopic (exact) mass is 336 g/mol. The van der Waals surface area contributed by atoms with Gasteiger partial charge in [0.15, 0.2) is 17.8 Å². The minimum Gasteiger partial charge on any atom is -0.461 e. The molecule has 0 spiro atoms. The van der Waals surface area contributed by atoms with Gasteiger partial charge in [-0.1, -0.05) is 36.4 Å². The van der Waals surface area contributed by atoms with Crippen LogP contribution in [0.2, 0.25) is 0 Å². The van der Waals surface area contributed by atoms with Crippen molar-refractivity contribution in [3.05, 3.63) is 60.6 Å². The molecule has 0 saturated carbocycles. The molecule has 0 bridgehead atoms. The Morgan fingerprint density at radius 2 is 1.76 bits per heavy atom.